The Morgan fingerprint density at radius 1 is 1.62 bits per heavy atom. The van der Waals surface area contributed by atoms with Gasteiger partial charge in [-0.3, -0.25) is 4.99 Å². The highest BCUT2D eigenvalue weighted by molar-refractivity contribution is 5.75. The minimum Gasteiger partial charge on any atom is -0.505 e. The van der Waals surface area contributed by atoms with Gasteiger partial charge in [-0.2, -0.15) is 0 Å². The lowest BCUT2D eigenvalue weighted by atomic mass is 10.6. The molecule has 0 spiro atoms. The number of nitrogens with one attached hydrogen (secondary N) is 1. The number of nitrogens with zero attached hydrogens (tertiary/aromatic N) is 1. The van der Waals surface area contributed by atoms with E-state index < -0.39 is 0 Å². The van der Waals surface area contributed by atoms with Crippen LogP contribution in [0.5, 0.6) is 0 Å². The maximum atomic E-state index is 8.70. The SMILES string of the molecule is OC1=CNC=CN=C1. The molecule has 0 radical (unpaired) electrons. The van der Waals surface area contributed by atoms with Crippen LogP contribution in [-0.2, 0) is 0 Å². The van der Waals surface area contributed by atoms with Crippen LogP contribution in [0.1, 0.15) is 0 Å². The highest BCUT2D eigenvalue weighted by Gasteiger charge is 1.83. The second kappa shape index (κ2) is 2.16. The fraction of sp³-hybridized carbons (Fsp3) is 0. The highest BCUT2D eigenvalue weighted by atomic mass is 16.3. The average Bonchev–Trinajstić information content (AvgIpc) is 1.94. The van der Waals surface area contributed by atoms with Crippen LogP contribution >= 0.6 is 0 Å². The normalized spacial score (nSPS) is 16.8. The van der Waals surface area contributed by atoms with E-state index >= 15 is 0 Å². The van der Waals surface area contributed by atoms with E-state index in [2.05, 4.69) is 10.3 Å². The van der Waals surface area contributed by atoms with Gasteiger partial charge >= 0.3 is 0 Å². The van der Waals surface area contributed by atoms with Crippen molar-refractivity contribution in [3.63, 3.8) is 0 Å². The smallest absolute Gasteiger partial charge is 0.149 e. The number of aliphatic hydroxyl groups is 1. The first-order valence-corrected chi connectivity index (χ1v) is 2.23. The average molecular weight is 110 g/mol. The molecule has 1 rings (SSSR count). The summed E-state index contributed by atoms with van der Waals surface area (Å²) in [7, 11) is 0. The summed E-state index contributed by atoms with van der Waals surface area (Å²) in [5.41, 5.74) is 0. The molecule has 0 aromatic rings. The van der Waals surface area contributed by atoms with E-state index in [0.29, 0.717) is 0 Å². The fourth-order valence-corrected chi connectivity index (χ4v) is 0.376. The third kappa shape index (κ3) is 1.11. The number of hydrogen-bond acceptors (Lipinski definition) is 3. The number of allylic oxidation sites excluding steroid dienone is 1. The van der Waals surface area contributed by atoms with E-state index in [0.717, 1.165) is 0 Å². The lowest BCUT2D eigenvalue weighted by Gasteiger charge is -1.84. The van der Waals surface area contributed by atoms with Gasteiger partial charge in [0.05, 0.1) is 6.21 Å². The largest absolute Gasteiger partial charge is 0.505 e. The molecule has 42 valence electrons. The molecule has 3 nitrogen and oxygen atoms in total. The Bertz CT molecular complexity index is 155. The van der Waals surface area contributed by atoms with Gasteiger partial charge in [-0.15, -0.1) is 0 Å². The molecule has 0 amide bonds. The van der Waals surface area contributed by atoms with E-state index in [1.54, 1.807) is 12.4 Å². The van der Waals surface area contributed by atoms with E-state index in [1.807, 2.05) is 0 Å². The Hall–Kier alpha value is -1.25. The summed E-state index contributed by atoms with van der Waals surface area (Å²) in [5.74, 6) is 0.134. The summed E-state index contributed by atoms with van der Waals surface area (Å²) in [6.45, 7) is 0. The lowest BCUT2D eigenvalue weighted by Crippen LogP contribution is -1.92. The first-order valence-electron chi connectivity index (χ1n) is 2.23. The summed E-state index contributed by atoms with van der Waals surface area (Å²) in [6, 6.07) is 0. The van der Waals surface area contributed by atoms with Gasteiger partial charge in [-0.1, -0.05) is 0 Å². The van der Waals surface area contributed by atoms with Gasteiger partial charge in [0, 0.05) is 18.6 Å². The minimum absolute atomic E-state index is 0.134. The van der Waals surface area contributed by atoms with E-state index in [1.165, 1.54) is 12.4 Å². The van der Waals surface area contributed by atoms with Crippen molar-refractivity contribution in [1.82, 2.24) is 5.32 Å². The number of aliphatic hydroxyl groups excluding tert-OH is 1. The van der Waals surface area contributed by atoms with Crippen molar-refractivity contribution >= 4 is 6.21 Å². The predicted octanol–water partition coefficient (Wildman–Crippen LogP) is 0.531. The molecule has 0 unspecified atom stereocenters. The summed E-state index contributed by atoms with van der Waals surface area (Å²) in [5, 5.41) is 11.4. The van der Waals surface area contributed by atoms with Crippen LogP contribution in [0, 0.1) is 0 Å². The van der Waals surface area contributed by atoms with Gasteiger partial charge in [-0.05, 0) is 0 Å². The Balaban J connectivity index is 2.69. The molecule has 1 aliphatic heterocycles. The third-order valence-corrected chi connectivity index (χ3v) is 0.695. The van der Waals surface area contributed by atoms with Crippen molar-refractivity contribution in [2.75, 3.05) is 0 Å². The Kier molecular flexibility index (Phi) is 1.32. The molecule has 1 aliphatic rings. The molecule has 2 N–H and O–H groups in total. The number of aliphatic imine (C=N–C) groups is 1. The fourth-order valence-electron chi connectivity index (χ4n) is 0.376. The van der Waals surface area contributed by atoms with Crippen LogP contribution in [0.2, 0.25) is 0 Å². The van der Waals surface area contributed by atoms with Gasteiger partial charge in [0.2, 0.25) is 0 Å². The first-order chi connectivity index (χ1) is 3.89. The van der Waals surface area contributed by atoms with Crippen molar-refractivity contribution in [1.29, 1.82) is 0 Å². The Morgan fingerprint density at radius 3 is 3.38 bits per heavy atom. The standard InChI is InChI=1S/C5H6N2O/c8-5-3-6-1-2-7-4-5/h1-4,6,8H. The molecular formula is C5H6N2O. The quantitative estimate of drug-likeness (QED) is 0.477. The second-order valence-electron chi connectivity index (χ2n) is 1.33. The molecule has 0 fully saturated rings. The molecule has 0 saturated carbocycles. The molecular weight excluding hydrogens is 104 g/mol. The van der Waals surface area contributed by atoms with Gasteiger partial charge in [-0.25, -0.2) is 0 Å². The molecule has 0 atom stereocenters. The van der Waals surface area contributed by atoms with E-state index in [4.69, 9.17) is 5.11 Å². The Morgan fingerprint density at radius 2 is 2.50 bits per heavy atom. The molecule has 0 aliphatic carbocycles. The van der Waals surface area contributed by atoms with Gasteiger partial charge in [0.25, 0.3) is 0 Å². The molecule has 0 bridgehead atoms. The number of hydrogen-bond donors (Lipinski definition) is 2. The lowest BCUT2D eigenvalue weighted by molar-refractivity contribution is 0.443. The molecule has 1 heterocycles. The first kappa shape index (κ1) is 4.90. The monoisotopic (exact) mass is 110 g/mol. The molecule has 0 aromatic carbocycles. The summed E-state index contributed by atoms with van der Waals surface area (Å²) >= 11 is 0. The van der Waals surface area contributed by atoms with Crippen LogP contribution in [0.3, 0.4) is 0 Å². The molecule has 0 saturated heterocycles. The zero-order valence-corrected chi connectivity index (χ0v) is 4.20. The molecule has 8 heavy (non-hydrogen) atoms. The highest BCUT2D eigenvalue weighted by Crippen LogP contribution is 1.84. The van der Waals surface area contributed by atoms with Crippen LogP contribution < -0.4 is 5.32 Å². The van der Waals surface area contributed by atoms with Gasteiger partial charge < -0.3 is 10.4 Å². The summed E-state index contributed by atoms with van der Waals surface area (Å²) in [4.78, 5) is 3.67. The second-order valence-corrected chi connectivity index (χ2v) is 1.33. The van der Waals surface area contributed by atoms with Crippen LogP contribution in [0.15, 0.2) is 29.4 Å². The maximum Gasteiger partial charge on any atom is 0.149 e. The summed E-state index contributed by atoms with van der Waals surface area (Å²) < 4.78 is 0. The van der Waals surface area contributed by atoms with Crippen LogP contribution in [0.25, 0.3) is 0 Å². The van der Waals surface area contributed by atoms with Crippen molar-refractivity contribution in [3.8, 4) is 0 Å². The number of rotatable bonds is 0. The molecule has 0 aromatic heterocycles. The zero-order chi connectivity index (χ0) is 5.82. The van der Waals surface area contributed by atoms with Crippen LogP contribution in [-0.4, -0.2) is 11.3 Å². The van der Waals surface area contributed by atoms with Crippen molar-refractivity contribution in [3.05, 3.63) is 24.4 Å². The van der Waals surface area contributed by atoms with Crippen molar-refractivity contribution < 1.29 is 5.11 Å². The van der Waals surface area contributed by atoms with Gasteiger partial charge in [0.1, 0.15) is 5.76 Å². The predicted molar refractivity (Wildman–Crippen MR) is 31.5 cm³/mol. The molecule has 3 heteroatoms. The Labute approximate surface area is 47.1 Å². The van der Waals surface area contributed by atoms with E-state index in [-0.39, 0.29) is 5.76 Å². The summed E-state index contributed by atoms with van der Waals surface area (Å²) in [6.07, 6.45) is 5.99. The van der Waals surface area contributed by atoms with Crippen molar-refractivity contribution in [2.45, 2.75) is 0 Å². The van der Waals surface area contributed by atoms with Crippen molar-refractivity contribution in [2.24, 2.45) is 4.99 Å². The maximum absolute atomic E-state index is 8.70. The van der Waals surface area contributed by atoms with Crippen LogP contribution in [0.4, 0.5) is 0 Å². The zero-order valence-electron chi connectivity index (χ0n) is 4.20. The third-order valence-electron chi connectivity index (χ3n) is 0.695. The topological polar surface area (TPSA) is 44.6 Å². The van der Waals surface area contributed by atoms with Gasteiger partial charge in [0.15, 0.2) is 0 Å². The minimum atomic E-state index is 0.134. The van der Waals surface area contributed by atoms with E-state index in [9.17, 15) is 0 Å².